The van der Waals surface area contributed by atoms with Crippen LogP contribution in [0.5, 0.6) is 17.2 Å². The molecule has 6 aromatic carbocycles. The van der Waals surface area contributed by atoms with Gasteiger partial charge >= 0.3 is 7.12 Å². The van der Waals surface area contributed by atoms with Gasteiger partial charge in [-0.25, -0.2) is 0 Å². The first kappa shape index (κ1) is 46.6. The number of aromatic hydroxyl groups is 1. The number of pyridine rings is 1. The van der Waals surface area contributed by atoms with E-state index < -0.39 is 7.12 Å². The first-order chi connectivity index (χ1) is 30.6. The average Bonchev–Trinajstić information content (AvgIpc) is 3.87. The number of hydrogen-bond acceptors (Lipinski definition) is 5. The second kappa shape index (κ2) is 17.1. The number of aromatic nitrogens is 3. The van der Waals surface area contributed by atoms with E-state index in [9.17, 15) is 5.11 Å². The summed E-state index contributed by atoms with van der Waals surface area (Å²) in [6, 6.07) is 50.0. The smallest absolute Gasteiger partial charge is 0.519 e. The molecule has 1 aliphatic rings. The fourth-order valence-electron chi connectivity index (χ4n) is 8.58. The van der Waals surface area contributed by atoms with E-state index in [1.807, 2.05) is 48.5 Å². The summed E-state index contributed by atoms with van der Waals surface area (Å²) < 4.78 is 15.0. The van der Waals surface area contributed by atoms with Crippen LogP contribution in [0.25, 0.3) is 61.8 Å². The Hall–Kier alpha value is -5.91. The summed E-state index contributed by atoms with van der Waals surface area (Å²) in [6.45, 7) is 26.5. The van der Waals surface area contributed by atoms with Gasteiger partial charge in [0.1, 0.15) is 17.2 Å². The van der Waals surface area contributed by atoms with Crippen LogP contribution < -0.4 is 14.8 Å². The van der Waals surface area contributed by atoms with Gasteiger partial charge in [0.15, 0.2) is 0 Å². The minimum Gasteiger partial charge on any atom is -0.519 e. The van der Waals surface area contributed by atoms with Crippen molar-refractivity contribution in [2.24, 2.45) is 0 Å². The minimum atomic E-state index is -0.607. The number of benzene rings is 6. The van der Waals surface area contributed by atoms with Crippen LogP contribution in [0.15, 0.2) is 133 Å². The maximum Gasteiger partial charge on any atom is 0.632 e. The molecule has 2 aromatic heterocycles. The maximum atomic E-state index is 11.9. The van der Waals surface area contributed by atoms with E-state index in [-0.39, 0.29) is 48.5 Å². The van der Waals surface area contributed by atoms with Gasteiger partial charge in [-0.15, -0.1) is 23.8 Å². The van der Waals surface area contributed by atoms with Crippen LogP contribution in [-0.4, -0.2) is 26.8 Å². The minimum absolute atomic E-state index is 0. The zero-order chi connectivity index (χ0) is 46.2. The van der Waals surface area contributed by atoms with Gasteiger partial charge in [0.25, 0.3) is 0 Å². The molecule has 0 saturated heterocycles. The van der Waals surface area contributed by atoms with E-state index in [1.165, 1.54) is 5.56 Å². The summed E-state index contributed by atoms with van der Waals surface area (Å²) in [5, 5.41) is 11.9. The predicted molar refractivity (Wildman–Crippen MR) is 269 cm³/mol. The fourth-order valence-corrected chi connectivity index (χ4v) is 8.58. The Morgan fingerprint density at radius 3 is 1.76 bits per heavy atom. The first-order valence-corrected chi connectivity index (χ1v) is 22.7. The van der Waals surface area contributed by atoms with E-state index in [2.05, 4.69) is 179 Å². The van der Waals surface area contributed by atoms with Crippen molar-refractivity contribution < 1.29 is 35.5 Å². The van der Waals surface area contributed by atoms with E-state index in [0.717, 1.165) is 89.7 Å². The summed E-state index contributed by atoms with van der Waals surface area (Å²) >= 11 is 0. The molecule has 8 heteroatoms. The molecular formula is C58H59BN3O3Pt-. The van der Waals surface area contributed by atoms with Gasteiger partial charge in [0, 0.05) is 54.6 Å². The molecule has 0 bridgehead atoms. The Morgan fingerprint density at radius 2 is 1.12 bits per heavy atom. The monoisotopic (exact) mass is 1050 g/mol. The van der Waals surface area contributed by atoms with Crippen molar-refractivity contribution in [2.75, 3.05) is 0 Å². The topological polar surface area (TPSA) is 69.4 Å². The molecule has 6 nitrogen and oxygen atoms in total. The molecule has 3 heterocycles. The fraction of sp³-hybridized carbons (Fsp3) is 0.276. The summed E-state index contributed by atoms with van der Waals surface area (Å²) in [7, 11) is -0.607. The number of phenols is 1. The van der Waals surface area contributed by atoms with Gasteiger partial charge in [-0.2, -0.15) is 0 Å². The van der Waals surface area contributed by atoms with Crippen molar-refractivity contribution in [3.8, 4) is 68.0 Å². The second-order valence-electron chi connectivity index (χ2n) is 21.7. The maximum absolute atomic E-state index is 11.9. The molecule has 0 atom stereocenters. The average molecular weight is 1050 g/mol. The molecule has 0 spiro atoms. The third kappa shape index (κ3) is 8.99. The number of hydrogen-bond donors (Lipinski definition) is 1. The molecule has 1 N–H and O–H groups in total. The Balaban J connectivity index is 0.00000592. The van der Waals surface area contributed by atoms with E-state index in [4.69, 9.17) is 19.3 Å². The molecule has 9 rings (SSSR count). The zero-order valence-electron chi connectivity index (χ0n) is 40.2. The Kier molecular flexibility index (Phi) is 12.1. The third-order valence-corrected chi connectivity index (χ3v) is 12.5. The van der Waals surface area contributed by atoms with Gasteiger partial charge in [-0.1, -0.05) is 167 Å². The van der Waals surface area contributed by atoms with E-state index in [1.54, 1.807) is 0 Å². The van der Waals surface area contributed by atoms with Gasteiger partial charge in [-0.3, -0.25) is 9.97 Å². The summed E-state index contributed by atoms with van der Waals surface area (Å²) in [5.74, 6) is 2.46. The third-order valence-electron chi connectivity index (χ3n) is 12.5. The first-order valence-electron chi connectivity index (χ1n) is 22.7. The molecule has 0 amide bonds. The van der Waals surface area contributed by atoms with Crippen LogP contribution in [0.2, 0.25) is 0 Å². The van der Waals surface area contributed by atoms with Crippen LogP contribution in [0.3, 0.4) is 0 Å². The van der Waals surface area contributed by atoms with Crippen molar-refractivity contribution in [2.45, 2.75) is 105 Å². The molecule has 0 unspecified atom stereocenters. The number of fused-ring (bicyclic) bond motifs is 2. The van der Waals surface area contributed by atoms with Crippen LogP contribution in [-0.2, 0) is 42.7 Å². The van der Waals surface area contributed by atoms with Crippen LogP contribution in [0.4, 0.5) is 0 Å². The molecular weight excluding hydrogens is 993 g/mol. The molecule has 8 aromatic rings. The van der Waals surface area contributed by atoms with Crippen LogP contribution >= 0.6 is 0 Å². The summed E-state index contributed by atoms with van der Waals surface area (Å²) in [4.78, 5) is 10.8. The molecule has 338 valence electrons. The van der Waals surface area contributed by atoms with Gasteiger partial charge in [-0.05, 0) is 86.9 Å². The van der Waals surface area contributed by atoms with Gasteiger partial charge in [0.05, 0.1) is 22.6 Å². The normalized spacial score (nSPS) is 13.0. The molecule has 0 aliphatic carbocycles. The predicted octanol–water partition coefficient (Wildman–Crippen LogP) is 13.9. The SMILES string of the molecule is CC(C)(C)c1cc(-c2cccc(-c3cc(C(C)(C)C)cc(C(C)(C)C)c3O)n2)[c-]c(-c2nc3ccc(B4Oc5ccccc5O4)cc3n2-c2ccc(C(C)(C)C)cc2-c2ccccc2)c1.[Pt]. The number of para-hydroxylation sites is 2. The molecule has 1 aliphatic heterocycles. The van der Waals surface area contributed by atoms with E-state index in [0.29, 0.717) is 5.69 Å². The number of nitrogens with zero attached hydrogens (tertiary/aromatic N) is 3. The largest absolute Gasteiger partial charge is 0.632 e. The number of phenolic OH excluding ortho intramolecular Hbond substituents is 1. The second-order valence-corrected chi connectivity index (χ2v) is 21.7. The van der Waals surface area contributed by atoms with Crippen molar-refractivity contribution in [3.63, 3.8) is 0 Å². The number of rotatable bonds is 6. The molecule has 0 radical (unpaired) electrons. The standard InChI is InChI=1S/C58H59BN3O3.Pt/c1-55(2,3)39-25-28-49(43(32-39)36-19-14-13-15-20-36)62-50-35-42(59-64-51-23-16-17-24-52(51)65-59)26-27-48(50)61-54(62)38-29-37(30-40(31-38)56(4,5)6)46-21-18-22-47(60-46)44-33-41(57(7,8)9)34-45(53(44)63)58(10,11)12;/h13-28,30-35,63H,1-12H3;/q-1;. The summed E-state index contributed by atoms with van der Waals surface area (Å²) in [5.41, 5.74) is 13.4. The van der Waals surface area contributed by atoms with Crippen molar-refractivity contribution in [3.05, 3.63) is 162 Å². The Bertz CT molecular complexity index is 3090. The van der Waals surface area contributed by atoms with Gasteiger partial charge in [0.2, 0.25) is 0 Å². The Morgan fingerprint density at radius 1 is 0.530 bits per heavy atom. The number of imidazole rings is 1. The van der Waals surface area contributed by atoms with Crippen LogP contribution in [0, 0.1) is 6.07 Å². The van der Waals surface area contributed by atoms with Crippen molar-refractivity contribution in [1.29, 1.82) is 0 Å². The van der Waals surface area contributed by atoms with Crippen molar-refractivity contribution >= 4 is 23.6 Å². The quantitative estimate of drug-likeness (QED) is 0.133. The molecule has 66 heavy (non-hydrogen) atoms. The molecule has 0 fully saturated rings. The van der Waals surface area contributed by atoms with E-state index >= 15 is 0 Å². The van der Waals surface area contributed by atoms with Crippen LogP contribution in [0.1, 0.15) is 105 Å². The zero-order valence-corrected chi connectivity index (χ0v) is 42.5. The van der Waals surface area contributed by atoms with Crippen molar-refractivity contribution in [1.82, 2.24) is 14.5 Å². The summed E-state index contributed by atoms with van der Waals surface area (Å²) in [6.07, 6.45) is 0. The van der Waals surface area contributed by atoms with Gasteiger partial charge < -0.3 is 19.0 Å². The molecule has 0 saturated carbocycles. The Labute approximate surface area is 405 Å².